The molecule has 0 unspecified atom stereocenters. The zero-order valence-electron chi connectivity index (χ0n) is 30.9. The first-order valence-corrected chi connectivity index (χ1v) is 20.9. The lowest BCUT2D eigenvalue weighted by Gasteiger charge is -2.52. The standard InChI is InChI=1S/C39H43F3N4O6Si/c1-24-13-16-38(4)19-27(14-15-37(2,3)52-53(5,6)7)44-51-39(38)23-45(24)36(49)32-34(50-22-25-11-9-8-10-12-25)33(47)29(21-46(32)39)35(48)43-20-28-30(41)17-26(40)18-31(28)42/h8-12,17-18,21,24H,13,16,19-20,22-23H2,1-7H3,(H,43,48)/q-1/t24-,38+,39-/m0/s1. The summed E-state index contributed by atoms with van der Waals surface area (Å²) in [6.07, 6.45) is 2.73. The van der Waals surface area contributed by atoms with E-state index in [-0.39, 0.29) is 30.6 Å². The molecule has 0 aliphatic carbocycles. The van der Waals surface area contributed by atoms with E-state index in [1.54, 1.807) is 29.2 Å². The lowest BCUT2D eigenvalue weighted by atomic mass is 9.70. The minimum absolute atomic E-state index is 0.0407. The molecule has 10 nitrogen and oxygen atoms in total. The lowest BCUT2D eigenvalue weighted by molar-refractivity contribution is -0.208. The van der Waals surface area contributed by atoms with Gasteiger partial charge in [0.1, 0.15) is 35.3 Å². The number of benzene rings is 2. The lowest BCUT2D eigenvalue weighted by Crippen LogP contribution is -2.63. The van der Waals surface area contributed by atoms with Gasteiger partial charge in [-0.1, -0.05) is 48.3 Å². The van der Waals surface area contributed by atoms with Crippen LogP contribution in [0, 0.1) is 34.7 Å². The molecule has 2 amide bonds. The first-order chi connectivity index (χ1) is 24.8. The molecule has 281 valence electrons. The van der Waals surface area contributed by atoms with Crippen LogP contribution in [-0.4, -0.2) is 53.5 Å². The maximum absolute atomic E-state index is 14.5. The summed E-state index contributed by atoms with van der Waals surface area (Å²) < 4.78 is 56.4. The van der Waals surface area contributed by atoms with Gasteiger partial charge in [0.25, 0.3) is 11.8 Å². The second kappa shape index (κ2) is 13.8. The van der Waals surface area contributed by atoms with Crippen LogP contribution in [0.1, 0.15) is 78.9 Å². The van der Waals surface area contributed by atoms with Gasteiger partial charge >= 0.3 is 0 Å². The predicted molar refractivity (Wildman–Crippen MR) is 194 cm³/mol. The summed E-state index contributed by atoms with van der Waals surface area (Å²) >= 11 is 0. The molecular weight excluding hydrogens is 706 g/mol. The van der Waals surface area contributed by atoms with E-state index < -0.39 is 77.4 Å². The summed E-state index contributed by atoms with van der Waals surface area (Å²) in [5.74, 6) is 0.992. The molecule has 4 heterocycles. The van der Waals surface area contributed by atoms with E-state index in [9.17, 15) is 27.6 Å². The van der Waals surface area contributed by atoms with Gasteiger partial charge in [-0.25, -0.2) is 13.2 Å². The van der Waals surface area contributed by atoms with Crippen molar-refractivity contribution in [3.05, 3.63) is 98.7 Å². The van der Waals surface area contributed by atoms with Crippen molar-refractivity contribution >= 4 is 25.8 Å². The average molecular weight is 749 g/mol. The summed E-state index contributed by atoms with van der Waals surface area (Å²) in [6.45, 7) is 13.2. The number of carbonyl (C=O) groups excluding carboxylic acids is 2. The van der Waals surface area contributed by atoms with Gasteiger partial charge in [0.05, 0.1) is 12.1 Å². The zero-order chi connectivity index (χ0) is 38.5. The van der Waals surface area contributed by atoms with Crippen molar-refractivity contribution in [2.75, 3.05) is 6.54 Å². The number of halogens is 3. The molecule has 0 saturated carbocycles. The number of pyridine rings is 1. The van der Waals surface area contributed by atoms with Gasteiger partial charge in [0.2, 0.25) is 11.2 Å². The van der Waals surface area contributed by atoms with Crippen LogP contribution in [-0.2, 0) is 28.1 Å². The predicted octanol–water partition coefficient (Wildman–Crippen LogP) is 6.48. The Labute approximate surface area is 307 Å². The zero-order valence-corrected chi connectivity index (χ0v) is 31.9. The summed E-state index contributed by atoms with van der Waals surface area (Å²) in [4.78, 5) is 50.5. The number of hydrogen-bond acceptors (Lipinski definition) is 7. The van der Waals surface area contributed by atoms with Crippen molar-refractivity contribution in [2.45, 2.75) is 97.1 Å². The van der Waals surface area contributed by atoms with Crippen molar-refractivity contribution in [2.24, 2.45) is 10.6 Å². The molecule has 1 aromatic heterocycles. The molecule has 3 aliphatic heterocycles. The quantitative estimate of drug-likeness (QED) is 0.209. The third-order valence-corrected chi connectivity index (χ3v) is 11.0. The number of amides is 2. The van der Waals surface area contributed by atoms with Crippen molar-refractivity contribution in [3.63, 3.8) is 0 Å². The maximum Gasteiger partial charge on any atom is 0.275 e. The number of nitrogens with zero attached hydrogens (tertiary/aromatic N) is 3. The number of aromatic nitrogens is 1. The Kier molecular flexibility index (Phi) is 9.89. The SMILES string of the molecule is C[C@H]1CC[C@]2(C)CC(C#CC(C)(C)O[Si-](C)(C)C)=NO[C@@]23CN1C(=O)c1c(OCc2ccccc2)c(=O)c(C(=O)NCc2c(F)cc(F)cc2F)cn13. The largest absolute Gasteiger partial charge is 0.552 e. The highest BCUT2D eigenvalue weighted by Crippen LogP contribution is 2.54. The van der Waals surface area contributed by atoms with Crippen molar-refractivity contribution in [3.8, 4) is 17.6 Å². The van der Waals surface area contributed by atoms with Gasteiger partial charge in [0.15, 0.2) is 11.4 Å². The molecule has 1 fully saturated rings. The van der Waals surface area contributed by atoms with Crippen LogP contribution in [0.2, 0.25) is 19.6 Å². The van der Waals surface area contributed by atoms with E-state index in [1.807, 2.05) is 33.8 Å². The Morgan fingerprint density at radius 1 is 1.13 bits per heavy atom. The first-order valence-electron chi connectivity index (χ1n) is 17.5. The van der Waals surface area contributed by atoms with Gasteiger partial charge < -0.3 is 24.2 Å². The average Bonchev–Trinajstić information content (AvgIpc) is 3.17. The Hall–Kier alpha value is -4.87. The van der Waals surface area contributed by atoms with Crippen LogP contribution in [0.4, 0.5) is 13.2 Å². The second-order valence-corrected chi connectivity index (χ2v) is 20.1. The first kappa shape index (κ1) is 37.9. The normalized spacial score (nSPS) is 22.3. The molecule has 3 atom stereocenters. The number of fused-ring (bicyclic) bond motifs is 2. The summed E-state index contributed by atoms with van der Waals surface area (Å²) in [5.41, 5.74) is -3.83. The molecule has 1 N–H and O–H groups in total. The van der Waals surface area contributed by atoms with Crippen LogP contribution in [0.15, 0.2) is 58.6 Å². The maximum atomic E-state index is 14.5. The van der Waals surface area contributed by atoms with E-state index in [0.29, 0.717) is 42.7 Å². The number of rotatable bonds is 8. The van der Waals surface area contributed by atoms with Gasteiger partial charge in [-0.05, 0) is 53.4 Å². The molecule has 53 heavy (non-hydrogen) atoms. The van der Waals surface area contributed by atoms with E-state index in [2.05, 4.69) is 42.0 Å². The third kappa shape index (κ3) is 7.37. The van der Waals surface area contributed by atoms with E-state index in [4.69, 9.17) is 14.0 Å². The topological polar surface area (TPSA) is 111 Å². The fourth-order valence-corrected chi connectivity index (χ4v) is 8.94. The number of oxime groups is 1. The van der Waals surface area contributed by atoms with E-state index >= 15 is 0 Å². The second-order valence-electron chi connectivity index (χ2n) is 15.7. The number of hydrogen-bond donors (Lipinski definition) is 1. The molecule has 14 heteroatoms. The molecule has 3 aliphatic rings. The summed E-state index contributed by atoms with van der Waals surface area (Å²) in [6, 6.07) is 9.72. The number of carbonyl (C=O) groups is 2. The minimum atomic E-state index is -1.92. The Balaban J connectivity index is 1.49. The molecular formula is C39H43F3N4O6Si-. The van der Waals surface area contributed by atoms with Crippen LogP contribution < -0.4 is 15.5 Å². The van der Waals surface area contributed by atoms with E-state index in [1.165, 1.54) is 10.8 Å². The highest BCUT2D eigenvalue weighted by molar-refractivity contribution is 6.69. The fourth-order valence-electron chi connectivity index (χ4n) is 7.36. The highest BCUT2D eigenvalue weighted by atomic mass is 28.4. The molecule has 1 saturated heterocycles. The van der Waals surface area contributed by atoms with Gasteiger partial charge in [-0.15, -0.1) is 19.6 Å². The van der Waals surface area contributed by atoms with Crippen LogP contribution in [0.3, 0.4) is 0 Å². The molecule has 3 aromatic rings. The van der Waals surface area contributed by atoms with Gasteiger partial charge in [0, 0.05) is 48.3 Å². The highest BCUT2D eigenvalue weighted by Gasteiger charge is 2.62. The minimum Gasteiger partial charge on any atom is -0.552 e. The Bertz CT molecular complexity index is 2100. The molecule has 2 aromatic carbocycles. The smallest absolute Gasteiger partial charge is 0.275 e. The molecule has 0 radical (unpaired) electrons. The van der Waals surface area contributed by atoms with Crippen LogP contribution in [0.25, 0.3) is 0 Å². The van der Waals surface area contributed by atoms with Gasteiger partial charge in [-0.3, -0.25) is 19.0 Å². The summed E-state index contributed by atoms with van der Waals surface area (Å²) in [7, 11) is -1.92. The number of nitrogens with one attached hydrogen (secondary N) is 1. The third-order valence-electron chi connectivity index (χ3n) is 9.93. The molecule has 2 bridgehead atoms. The van der Waals surface area contributed by atoms with Gasteiger partial charge in [-0.2, -0.15) is 0 Å². The Morgan fingerprint density at radius 3 is 2.47 bits per heavy atom. The monoisotopic (exact) mass is 748 g/mol. The fraction of sp³-hybridized carbons (Fsp3) is 0.436. The molecule has 1 spiro atoms. The van der Waals surface area contributed by atoms with E-state index in [0.717, 1.165) is 0 Å². The van der Waals surface area contributed by atoms with Crippen molar-refractivity contribution in [1.82, 2.24) is 14.8 Å². The van der Waals surface area contributed by atoms with Crippen LogP contribution in [0.5, 0.6) is 5.75 Å². The van der Waals surface area contributed by atoms with Crippen LogP contribution >= 0.6 is 0 Å². The Morgan fingerprint density at radius 2 is 1.81 bits per heavy atom. The van der Waals surface area contributed by atoms with Crippen molar-refractivity contribution in [1.29, 1.82) is 0 Å². The number of ether oxygens (including phenoxy) is 1. The van der Waals surface area contributed by atoms with Crippen molar-refractivity contribution < 1.29 is 36.8 Å². The summed E-state index contributed by atoms with van der Waals surface area (Å²) in [5, 5.41) is 6.87. The molecule has 6 rings (SSSR count).